The van der Waals surface area contributed by atoms with Crippen LogP contribution in [0.2, 0.25) is 0 Å². The van der Waals surface area contributed by atoms with Gasteiger partial charge in [0.1, 0.15) is 5.75 Å². The van der Waals surface area contributed by atoms with Crippen LogP contribution in [0.4, 0.5) is 22.0 Å². The molecule has 194 valence electrons. The van der Waals surface area contributed by atoms with Crippen molar-refractivity contribution in [2.24, 2.45) is 0 Å². The smallest absolute Gasteiger partial charge is 0.351 e. The third-order valence-corrected chi connectivity index (χ3v) is 6.75. The Morgan fingerprint density at radius 1 is 1.19 bits per heavy atom. The topological polar surface area (TPSA) is 105 Å². The lowest BCUT2D eigenvalue weighted by Gasteiger charge is -2.41. The number of hydrogen-bond donors (Lipinski definition) is 2. The highest BCUT2D eigenvalue weighted by molar-refractivity contribution is 9.10. The monoisotopic (exact) mass is 595 g/mol. The molecule has 1 aliphatic rings. The number of nitrogens with one attached hydrogen (secondary N) is 2. The Bertz CT molecular complexity index is 1300. The number of nitrogens with zero attached hydrogens (tertiary/aromatic N) is 1. The third kappa shape index (κ3) is 6.09. The Labute approximate surface area is 211 Å². The van der Waals surface area contributed by atoms with Crippen molar-refractivity contribution in [2.75, 3.05) is 18.6 Å². The molecule has 0 saturated carbocycles. The standard InChI is InChI=1S/C22H19BrF5N3O4S/c1-36(34,35)11-18(32)30-10-16-15(17-7-2-12(9-29-17)19(24)25)8-21(22(26,27)28,31-20(16)33)13-3-5-14(23)6-4-13/h2-7,9,19H,8,10-11H2,1H3,(H,30,32)(H,31,33)/t21-/m0/s1. The van der Waals surface area contributed by atoms with Crippen LogP contribution in [0.3, 0.4) is 0 Å². The summed E-state index contributed by atoms with van der Waals surface area (Å²) in [6.45, 7) is -0.609. The van der Waals surface area contributed by atoms with Crippen LogP contribution in [0.1, 0.15) is 29.7 Å². The Hall–Kier alpha value is -2.87. The molecule has 0 spiro atoms. The molecule has 7 nitrogen and oxygen atoms in total. The van der Waals surface area contributed by atoms with Crippen LogP contribution in [-0.2, 0) is 25.0 Å². The number of benzene rings is 1. The number of sulfone groups is 1. The van der Waals surface area contributed by atoms with E-state index in [1.165, 1.54) is 24.3 Å². The Morgan fingerprint density at radius 3 is 2.33 bits per heavy atom. The predicted octanol–water partition coefficient (Wildman–Crippen LogP) is 3.67. The van der Waals surface area contributed by atoms with Gasteiger partial charge < -0.3 is 10.6 Å². The number of amides is 2. The first-order valence-corrected chi connectivity index (χ1v) is 13.0. The quantitative estimate of drug-likeness (QED) is 0.475. The summed E-state index contributed by atoms with van der Waals surface area (Å²) in [5.74, 6) is -3.06. The molecule has 0 aliphatic carbocycles. The maximum Gasteiger partial charge on any atom is 0.416 e. The van der Waals surface area contributed by atoms with Gasteiger partial charge in [0.25, 0.3) is 6.43 Å². The molecule has 2 aromatic rings. The van der Waals surface area contributed by atoms with E-state index in [0.29, 0.717) is 4.47 Å². The van der Waals surface area contributed by atoms with Gasteiger partial charge in [-0.05, 0) is 35.4 Å². The number of carbonyl (C=O) groups excluding carboxylic acids is 2. The molecule has 0 unspecified atom stereocenters. The van der Waals surface area contributed by atoms with Crippen LogP contribution in [0.25, 0.3) is 5.57 Å². The molecule has 1 atom stereocenters. The first-order chi connectivity index (χ1) is 16.6. The highest BCUT2D eigenvalue weighted by Gasteiger charge is 2.59. The van der Waals surface area contributed by atoms with Crippen LogP contribution in [-0.4, -0.2) is 49.9 Å². The first-order valence-electron chi connectivity index (χ1n) is 10.2. The second-order valence-corrected chi connectivity index (χ2v) is 11.2. The second kappa shape index (κ2) is 10.2. The van der Waals surface area contributed by atoms with Crippen LogP contribution >= 0.6 is 15.9 Å². The summed E-state index contributed by atoms with van der Waals surface area (Å²) in [4.78, 5) is 28.9. The Kier molecular flexibility index (Phi) is 7.89. The van der Waals surface area contributed by atoms with Crippen molar-refractivity contribution >= 4 is 43.2 Å². The zero-order chi connectivity index (χ0) is 26.9. The molecule has 1 aromatic carbocycles. The number of rotatable bonds is 7. The minimum absolute atomic E-state index is 0.174. The lowest BCUT2D eigenvalue weighted by atomic mass is 9.77. The molecule has 1 aromatic heterocycles. The molecule has 3 rings (SSSR count). The fourth-order valence-electron chi connectivity index (χ4n) is 3.69. The molecule has 1 aliphatic heterocycles. The van der Waals surface area contributed by atoms with Crippen molar-refractivity contribution in [3.8, 4) is 0 Å². The molecule has 2 heterocycles. The molecule has 2 N–H and O–H groups in total. The number of carbonyl (C=O) groups is 2. The maximum atomic E-state index is 14.5. The van der Waals surface area contributed by atoms with Gasteiger partial charge in [0.15, 0.2) is 15.4 Å². The number of hydrogen-bond acceptors (Lipinski definition) is 5. The molecule has 14 heteroatoms. The van der Waals surface area contributed by atoms with Gasteiger partial charge in [0.2, 0.25) is 11.8 Å². The zero-order valence-electron chi connectivity index (χ0n) is 18.5. The fourth-order valence-corrected chi connectivity index (χ4v) is 4.53. The summed E-state index contributed by atoms with van der Waals surface area (Å²) in [6.07, 6.45) is -7.12. The van der Waals surface area contributed by atoms with Crippen LogP contribution in [0, 0.1) is 0 Å². The van der Waals surface area contributed by atoms with Gasteiger partial charge in [-0.15, -0.1) is 0 Å². The van der Waals surface area contributed by atoms with E-state index in [1.54, 1.807) is 0 Å². The molecule has 0 bridgehead atoms. The second-order valence-electron chi connectivity index (χ2n) is 8.12. The van der Waals surface area contributed by atoms with Crippen LogP contribution in [0.15, 0.2) is 52.6 Å². The van der Waals surface area contributed by atoms with Gasteiger partial charge in [0, 0.05) is 41.0 Å². The minimum atomic E-state index is -4.99. The van der Waals surface area contributed by atoms with E-state index < -0.39 is 64.1 Å². The van der Waals surface area contributed by atoms with E-state index in [2.05, 4.69) is 26.2 Å². The molecule has 2 amide bonds. The highest BCUT2D eigenvalue weighted by Crippen LogP contribution is 2.48. The van der Waals surface area contributed by atoms with Crippen molar-refractivity contribution in [2.45, 2.75) is 24.6 Å². The van der Waals surface area contributed by atoms with Crippen molar-refractivity contribution in [3.63, 3.8) is 0 Å². The van der Waals surface area contributed by atoms with E-state index >= 15 is 0 Å². The van der Waals surface area contributed by atoms with Gasteiger partial charge in [-0.3, -0.25) is 14.6 Å². The number of alkyl halides is 5. The molecular weight excluding hydrogens is 577 g/mol. The van der Waals surface area contributed by atoms with Crippen LogP contribution in [0.5, 0.6) is 0 Å². The first kappa shape index (κ1) is 27.7. The highest BCUT2D eigenvalue weighted by atomic mass is 79.9. The predicted molar refractivity (Wildman–Crippen MR) is 123 cm³/mol. The summed E-state index contributed by atoms with van der Waals surface area (Å²) in [5, 5.41) is 4.21. The van der Waals surface area contributed by atoms with Crippen molar-refractivity contribution in [1.29, 1.82) is 0 Å². The fraction of sp³-hybridized carbons (Fsp3) is 0.318. The average molecular weight is 596 g/mol. The zero-order valence-corrected chi connectivity index (χ0v) is 20.9. The average Bonchev–Trinajstić information content (AvgIpc) is 2.76. The molecule has 36 heavy (non-hydrogen) atoms. The Balaban J connectivity index is 2.13. The van der Waals surface area contributed by atoms with Crippen molar-refractivity contribution < 1.29 is 40.0 Å². The normalized spacial score (nSPS) is 18.8. The summed E-state index contributed by atoms with van der Waals surface area (Å²) in [6, 6.07) is 7.14. The van der Waals surface area contributed by atoms with Gasteiger partial charge >= 0.3 is 6.18 Å². The van der Waals surface area contributed by atoms with Gasteiger partial charge in [-0.2, -0.15) is 13.2 Å². The van der Waals surface area contributed by atoms with Crippen LogP contribution < -0.4 is 10.6 Å². The lowest BCUT2D eigenvalue weighted by Crippen LogP contribution is -2.59. The summed E-state index contributed by atoms with van der Waals surface area (Å²) in [5.41, 5.74) is -4.37. The third-order valence-electron chi connectivity index (χ3n) is 5.43. The van der Waals surface area contributed by atoms with E-state index in [0.717, 1.165) is 24.6 Å². The van der Waals surface area contributed by atoms with E-state index in [9.17, 15) is 40.0 Å². The maximum absolute atomic E-state index is 14.5. The van der Waals surface area contributed by atoms with Gasteiger partial charge in [-0.1, -0.05) is 28.1 Å². The Morgan fingerprint density at radius 2 is 1.83 bits per heavy atom. The largest absolute Gasteiger partial charge is 0.416 e. The number of pyridine rings is 1. The number of halogens is 6. The molecular formula is C22H19BrF5N3O4S. The molecule has 0 fully saturated rings. The minimum Gasteiger partial charge on any atom is -0.351 e. The molecule has 0 radical (unpaired) electrons. The SMILES string of the molecule is CS(=O)(=O)CC(=O)NCC1=C(c2ccc(C(F)F)cn2)C[C@](c2ccc(Br)cc2)(C(F)(F)F)NC1=O. The van der Waals surface area contributed by atoms with Gasteiger partial charge in [0.05, 0.1) is 5.69 Å². The van der Waals surface area contributed by atoms with Gasteiger partial charge in [-0.25, -0.2) is 17.2 Å². The van der Waals surface area contributed by atoms with E-state index in [4.69, 9.17) is 0 Å². The van der Waals surface area contributed by atoms with E-state index in [-0.39, 0.29) is 22.4 Å². The summed E-state index contributed by atoms with van der Waals surface area (Å²) >= 11 is 3.15. The summed E-state index contributed by atoms with van der Waals surface area (Å²) < 4.78 is 92.8. The van der Waals surface area contributed by atoms with Crippen molar-refractivity contribution in [3.05, 3.63) is 69.5 Å². The van der Waals surface area contributed by atoms with Crippen molar-refractivity contribution in [1.82, 2.24) is 15.6 Å². The summed E-state index contributed by atoms with van der Waals surface area (Å²) in [7, 11) is -3.71. The molecule has 0 saturated heterocycles. The lowest BCUT2D eigenvalue weighted by molar-refractivity contribution is -0.201. The van der Waals surface area contributed by atoms with E-state index in [1.807, 2.05) is 5.32 Å². The number of aromatic nitrogens is 1.